The lowest BCUT2D eigenvalue weighted by Gasteiger charge is -2.04. The molecule has 0 aromatic heterocycles. The van der Waals surface area contributed by atoms with E-state index in [4.69, 9.17) is 5.73 Å². The highest BCUT2D eigenvalue weighted by Crippen LogP contribution is 2.12. The molecular weight excluding hydrogens is 234 g/mol. The van der Waals surface area contributed by atoms with Crippen LogP contribution >= 0.6 is 0 Å². The first-order valence-corrected chi connectivity index (χ1v) is 5.45. The molecule has 0 aliphatic rings. The number of carbonyl (C=O) groups is 1. The maximum Gasteiger partial charge on any atom is 0.269 e. The number of hydrogen-bond acceptors (Lipinski definition) is 4. The van der Waals surface area contributed by atoms with E-state index >= 15 is 0 Å². The number of nitro benzene ring substituents is 1. The Kier molecular flexibility index (Phi) is 5.01. The minimum atomic E-state index is -0.469. The quantitative estimate of drug-likeness (QED) is 0.463. The van der Waals surface area contributed by atoms with Crippen LogP contribution in [0.2, 0.25) is 0 Å². The summed E-state index contributed by atoms with van der Waals surface area (Å²) in [5, 5.41) is 13.1. The lowest BCUT2D eigenvalue weighted by atomic mass is 10.2. The molecule has 96 valence electrons. The average Bonchev–Trinajstić information content (AvgIpc) is 2.34. The zero-order valence-electron chi connectivity index (χ0n) is 10.00. The summed E-state index contributed by atoms with van der Waals surface area (Å²) < 4.78 is 0. The molecule has 3 N–H and O–H groups in total. The number of carbonyl (C=O) groups excluding carboxylic acids is 1. The number of nitrogens with zero attached hydrogens (tertiary/aromatic N) is 1. The van der Waals surface area contributed by atoms with Gasteiger partial charge in [0.2, 0.25) is 5.91 Å². The molecule has 1 atom stereocenters. The van der Waals surface area contributed by atoms with E-state index in [0.717, 1.165) is 5.56 Å². The number of rotatable bonds is 5. The summed E-state index contributed by atoms with van der Waals surface area (Å²) in [6.07, 6.45) is 2.95. The maximum absolute atomic E-state index is 11.3. The molecule has 0 saturated heterocycles. The van der Waals surface area contributed by atoms with Crippen LogP contribution in [0.5, 0.6) is 0 Å². The van der Waals surface area contributed by atoms with E-state index in [1.165, 1.54) is 18.2 Å². The van der Waals surface area contributed by atoms with Crippen molar-refractivity contribution in [2.24, 2.45) is 5.73 Å². The van der Waals surface area contributed by atoms with Gasteiger partial charge in [-0.3, -0.25) is 14.9 Å². The minimum Gasteiger partial charge on any atom is -0.351 e. The molecule has 0 aliphatic heterocycles. The second-order valence-corrected chi connectivity index (χ2v) is 3.90. The highest BCUT2D eigenvalue weighted by atomic mass is 16.6. The summed E-state index contributed by atoms with van der Waals surface area (Å²) in [4.78, 5) is 21.3. The number of amides is 1. The molecule has 1 aromatic carbocycles. The Hall–Kier alpha value is -2.21. The predicted octanol–water partition coefficient (Wildman–Crippen LogP) is 1.07. The number of hydrogen-bond donors (Lipinski definition) is 2. The molecule has 6 heteroatoms. The first-order valence-electron chi connectivity index (χ1n) is 5.45. The highest BCUT2D eigenvalue weighted by molar-refractivity contribution is 5.91. The summed E-state index contributed by atoms with van der Waals surface area (Å²) in [6.45, 7) is 2.20. The Bertz CT molecular complexity index is 452. The van der Waals surface area contributed by atoms with Crippen molar-refractivity contribution in [1.82, 2.24) is 5.32 Å². The molecule has 1 rings (SSSR count). The van der Waals surface area contributed by atoms with Crippen LogP contribution in [0, 0.1) is 10.1 Å². The van der Waals surface area contributed by atoms with Gasteiger partial charge in [0.25, 0.3) is 5.69 Å². The normalized spacial score (nSPS) is 12.3. The Labute approximate surface area is 105 Å². The van der Waals surface area contributed by atoms with Gasteiger partial charge < -0.3 is 11.1 Å². The van der Waals surface area contributed by atoms with E-state index in [-0.39, 0.29) is 17.6 Å². The molecule has 1 unspecified atom stereocenters. The van der Waals surface area contributed by atoms with Gasteiger partial charge in [0, 0.05) is 30.8 Å². The van der Waals surface area contributed by atoms with E-state index in [2.05, 4.69) is 5.32 Å². The molecule has 0 heterocycles. The molecule has 0 radical (unpaired) electrons. The predicted molar refractivity (Wildman–Crippen MR) is 68.8 cm³/mol. The molecule has 0 spiro atoms. The fourth-order valence-electron chi connectivity index (χ4n) is 1.20. The van der Waals surface area contributed by atoms with Gasteiger partial charge in [-0.1, -0.05) is 0 Å². The summed E-state index contributed by atoms with van der Waals surface area (Å²) in [7, 11) is 0. The third kappa shape index (κ3) is 4.75. The Morgan fingerprint density at radius 2 is 2.11 bits per heavy atom. The van der Waals surface area contributed by atoms with Crippen LogP contribution in [0.3, 0.4) is 0 Å². The number of nitrogens with one attached hydrogen (secondary N) is 1. The van der Waals surface area contributed by atoms with Crippen molar-refractivity contribution in [2.75, 3.05) is 6.54 Å². The van der Waals surface area contributed by atoms with Gasteiger partial charge in [0.1, 0.15) is 0 Å². The number of non-ortho nitro benzene ring substituents is 1. The zero-order chi connectivity index (χ0) is 13.5. The monoisotopic (exact) mass is 249 g/mol. The second kappa shape index (κ2) is 6.51. The van der Waals surface area contributed by atoms with Gasteiger partial charge in [-0.05, 0) is 30.7 Å². The summed E-state index contributed by atoms with van der Waals surface area (Å²) in [6, 6.07) is 5.83. The lowest BCUT2D eigenvalue weighted by Crippen LogP contribution is -2.34. The number of nitro groups is 1. The zero-order valence-corrected chi connectivity index (χ0v) is 10.00. The smallest absolute Gasteiger partial charge is 0.269 e. The van der Waals surface area contributed by atoms with Crippen LogP contribution in [0.1, 0.15) is 12.5 Å². The molecule has 1 aromatic rings. The fraction of sp³-hybridized carbons (Fsp3) is 0.250. The van der Waals surface area contributed by atoms with E-state index in [1.54, 1.807) is 25.1 Å². The van der Waals surface area contributed by atoms with Crippen LogP contribution in [0.25, 0.3) is 6.08 Å². The Morgan fingerprint density at radius 1 is 1.50 bits per heavy atom. The van der Waals surface area contributed by atoms with E-state index in [9.17, 15) is 14.9 Å². The standard InChI is InChI=1S/C12H15N3O3/c1-9(13)8-14-12(16)7-4-10-2-5-11(6-3-10)15(17)18/h2-7,9H,8,13H2,1H3,(H,14,16)/b7-4+. The van der Waals surface area contributed by atoms with Gasteiger partial charge in [-0.15, -0.1) is 0 Å². The molecule has 0 aliphatic carbocycles. The summed E-state index contributed by atoms with van der Waals surface area (Å²) in [5.41, 5.74) is 6.23. The molecule has 0 fully saturated rings. The maximum atomic E-state index is 11.3. The van der Waals surface area contributed by atoms with Crippen molar-refractivity contribution in [3.05, 3.63) is 46.0 Å². The first kappa shape index (κ1) is 13.9. The average molecular weight is 249 g/mol. The second-order valence-electron chi connectivity index (χ2n) is 3.90. The largest absolute Gasteiger partial charge is 0.351 e. The lowest BCUT2D eigenvalue weighted by molar-refractivity contribution is -0.384. The van der Waals surface area contributed by atoms with Crippen molar-refractivity contribution >= 4 is 17.7 Å². The van der Waals surface area contributed by atoms with Crippen LogP contribution < -0.4 is 11.1 Å². The van der Waals surface area contributed by atoms with Crippen molar-refractivity contribution < 1.29 is 9.72 Å². The minimum absolute atomic E-state index is 0.0218. The van der Waals surface area contributed by atoms with E-state index in [1.807, 2.05) is 0 Å². The topological polar surface area (TPSA) is 98.3 Å². The van der Waals surface area contributed by atoms with Crippen LogP contribution in [0.4, 0.5) is 5.69 Å². The van der Waals surface area contributed by atoms with Crippen molar-refractivity contribution in [3.63, 3.8) is 0 Å². The van der Waals surface area contributed by atoms with Crippen molar-refractivity contribution in [2.45, 2.75) is 13.0 Å². The Balaban J connectivity index is 2.56. The summed E-state index contributed by atoms with van der Waals surface area (Å²) >= 11 is 0. The van der Waals surface area contributed by atoms with Gasteiger partial charge >= 0.3 is 0 Å². The first-order chi connectivity index (χ1) is 8.49. The summed E-state index contributed by atoms with van der Waals surface area (Å²) in [5.74, 6) is -0.245. The molecular formula is C12H15N3O3. The van der Waals surface area contributed by atoms with Crippen LogP contribution in [-0.4, -0.2) is 23.4 Å². The molecule has 1 amide bonds. The van der Waals surface area contributed by atoms with Gasteiger partial charge in [0.05, 0.1) is 4.92 Å². The molecule has 18 heavy (non-hydrogen) atoms. The van der Waals surface area contributed by atoms with Gasteiger partial charge in [0.15, 0.2) is 0 Å². The molecule has 6 nitrogen and oxygen atoms in total. The van der Waals surface area contributed by atoms with Gasteiger partial charge in [-0.2, -0.15) is 0 Å². The van der Waals surface area contributed by atoms with E-state index < -0.39 is 4.92 Å². The third-order valence-electron chi connectivity index (χ3n) is 2.13. The molecule has 0 saturated carbocycles. The SMILES string of the molecule is CC(N)CNC(=O)/C=C/c1ccc([N+](=O)[O-])cc1. The number of nitrogens with two attached hydrogens (primary N) is 1. The van der Waals surface area contributed by atoms with Crippen molar-refractivity contribution in [3.8, 4) is 0 Å². The Morgan fingerprint density at radius 3 is 2.61 bits per heavy atom. The number of benzene rings is 1. The third-order valence-corrected chi connectivity index (χ3v) is 2.13. The van der Waals surface area contributed by atoms with Gasteiger partial charge in [-0.25, -0.2) is 0 Å². The highest BCUT2D eigenvalue weighted by Gasteiger charge is 2.02. The fourth-order valence-corrected chi connectivity index (χ4v) is 1.20. The van der Waals surface area contributed by atoms with Crippen LogP contribution in [-0.2, 0) is 4.79 Å². The van der Waals surface area contributed by atoms with E-state index in [0.29, 0.717) is 6.54 Å². The van der Waals surface area contributed by atoms with Crippen molar-refractivity contribution in [1.29, 1.82) is 0 Å². The van der Waals surface area contributed by atoms with Crippen LogP contribution in [0.15, 0.2) is 30.3 Å². The molecule has 0 bridgehead atoms.